The quantitative estimate of drug-likeness (QED) is 0.523. The molecule has 3 nitrogen and oxygen atoms in total. The fraction of sp³-hybridized carbons (Fsp3) is 1.00. The second kappa shape index (κ2) is 2.45. The third kappa shape index (κ3) is 1.93. The van der Waals surface area contributed by atoms with Crippen molar-refractivity contribution in [1.29, 1.82) is 0 Å². The van der Waals surface area contributed by atoms with E-state index in [4.69, 9.17) is 4.18 Å². The van der Waals surface area contributed by atoms with Crippen molar-refractivity contribution in [1.82, 2.24) is 0 Å². The van der Waals surface area contributed by atoms with Gasteiger partial charge in [-0.2, -0.15) is 8.42 Å². The summed E-state index contributed by atoms with van der Waals surface area (Å²) < 4.78 is 26.9. The van der Waals surface area contributed by atoms with Crippen molar-refractivity contribution < 1.29 is 12.6 Å². The van der Waals surface area contributed by atoms with Gasteiger partial charge in [-0.15, -0.1) is 0 Å². The molecular weight excluding hydrogens is 164 g/mol. The van der Waals surface area contributed by atoms with Crippen LogP contribution < -0.4 is 0 Å². The second-order valence-corrected chi connectivity index (χ2v) is 5.33. The molecule has 0 saturated carbocycles. The molecule has 0 N–H and O–H groups in total. The average molecular weight is 178 g/mol. The summed E-state index contributed by atoms with van der Waals surface area (Å²) in [6.07, 6.45) is 0.704. The largest absolute Gasteiger partial charge is 0.267 e. The van der Waals surface area contributed by atoms with Crippen LogP contribution in [0.3, 0.4) is 0 Å². The van der Waals surface area contributed by atoms with Crippen molar-refractivity contribution in [3.63, 3.8) is 0 Å². The molecule has 0 aromatic carbocycles. The van der Waals surface area contributed by atoms with Crippen LogP contribution in [-0.2, 0) is 14.3 Å². The molecule has 1 unspecified atom stereocenters. The number of hydrogen-bond donors (Lipinski definition) is 0. The van der Waals surface area contributed by atoms with Gasteiger partial charge >= 0.3 is 0 Å². The number of rotatable bonds is 0. The third-order valence-corrected chi connectivity index (χ3v) is 3.75. The Balaban J connectivity index is 2.83. The van der Waals surface area contributed by atoms with E-state index < -0.39 is 15.7 Å². The lowest BCUT2D eigenvalue weighted by atomic mass is 9.91. The van der Waals surface area contributed by atoms with Gasteiger partial charge in [-0.1, -0.05) is 6.92 Å². The summed E-state index contributed by atoms with van der Waals surface area (Å²) in [5.41, 5.74) is -0.517. The van der Waals surface area contributed by atoms with Crippen molar-refractivity contribution in [3.8, 4) is 0 Å². The van der Waals surface area contributed by atoms with Crippen molar-refractivity contribution in [3.05, 3.63) is 0 Å². The standard InChI is InChI=1S/C7H14O3S/c1-6-4-5-11(8,9)10-7(6,2)3/h6H,4-5H2,1-3H3. The fourth-order valence-corrected chi connectivity index (χ4v) is 2.66. The lowest BCUT2D eigenvalue weighted by Crippen LogP contribution is -2.41. The second-order valence-electron chi connectivity index (χ2n) is 3.64. The van der Waals surface area contributed by atoms with E-state index in [1.165, 1.54) is 0 Å². The van der Waals surface area contributed by atoms with Crippen LogP contribution in [-0.4, -0.2) is 19.8 Å². The van der Waals surface area contributed by atoms with Crippen LogP contribution in [0.4, 0.5) is 0 Å². The van der Waals surface area contributed by atoms with Gasteiger partial charge in [0.1, 0.15) is 0 Å². The molecule has 0 bridgehead atoms. The zero-order valence-corrected chi connectivity index (χ0v) is 7.94. The highest BCUT2D eigenvalue weighted by Gasteiger charge is 2.37. The normalized spacial score (nSPS) is 35.0. The summed E-state index contributed by atoms with van der Waals surface area (Å²) in [5, 5.41) is 0. The summed E-state index contributed by atoms with van der Waals surface area (Å²) in [6.45, 7) is 5.64. The average Bonchev–Trinajstić information content (AvgIpc) is 1.77. The molecule has 1 heterocycles. The number of hydrogen-bond acceptors (Lipinski definition) is 3. The molecule has 1 fully saturated rings. The van der Waals surface area contributed by atoms with Gasteiger partial charge in [0.15, 0.2) is 0 Å². The third-order valence-electron chi connectivity index (χ3n) is 2.33. The minimum Gasteiger partial charge on any atom is -0.264 e. The molecule has 1 saturated heterocycles. The van der Waals surface area contributed by atoms with E-state index in [1.54, 1.807) is 0 Å². The molecular formula is C7H14O3S. The summed E-state index contributed by atoms with van der Waals surface area (Å²) in [7, 11) is -3.22. The maximum atomic E-state index is 11.0. The first-order valence-electron chi connectivity index (χ1n) is 3.77. The Morgan fingerprint density at radius 1 is 1.45 bits per heavy atom. The first-order valence-corrected chi connectivity index (χ1v) is 5.34. The monoisotopic (exact) mass is 178 g/mol. The van der Waals surface area contributed by atoms with Crippen LogP contribution in [0.25, 0.3) is 0 Å². The molecule has 0 radical (unpaired) electrons. The summed E-state index contributed by atoms with van der Waals surface area (Å²) in [4.78, 5) is 0. The van der Waals surface area contributed by atoms with Gasteiger partial charge in [-0.25, -0.2) is 0 Å². The maximum absolute atomic E-state index is 11.0. The molecule has 0 amide bonds. The summed E-state index contributed by atoms with van der Waals surface area (Å²) in [5.74, 6) is 0.475. The molecule has 0 aromatic heterocycles. The summed E-state index contributed by atoms with van der Waals surface area (Å²) in [6, 6.07) is 0. The van der Waals surface area contributed by atoms with Crippen LogP contribution in [0.5, 0.6) is 0 Å². The van der Waals surface area contributed by atoms with E-state index in [0.29, 0.717) is 12.3 Å². The van der Waals surface area contributed by atoms with E-state index in [9.17, 15) is 8.42 Å². The molecule has 11 heavy (non-hydrogen) atoms. The van der Waals surface area contributed by atoms with E-state index in [2.05, 4.69) is 0 Å². The minimum absolute atomic E-state index is 0.164. The summed E-state index contributed by atoms with van der Waals surface area (Å²) >= 11 is 0. The molecule has 0 aliphatic carbocycles. The van der Waals surface area contributed by atoms with Crippen LogP contribution in [0.1, 0.15) is 27.2 Å². The van der Waals surface area contributed by atoms with Gasteiger partial charge in [0.2, 0.25) is 0 Å². The Morgan fingerprint density at radius 2 is 2.00 bits per heavy atom. The zero-order chi connectivity index (χ0) is 8.70. The molecule has 0 aromatic rings. The highest BCUT2D eigenvalue weighted by molar-refractivity contribution is 7.86. The van der Waals surface area contributed by atoms with Gasteiger partial charge in [0.25, 0.3) is 10.1 Å². The maximum Gasteiger partial charge on any atom is 0.267 e. The highest BCUT2D eigenvalue weighted by atomic mass is 32.2. The molecule has 1 aliphatic rings. The van der Waals surface area contributed by atoms with E-state index in [-0.39, 0.29) is 5.75 Å². The van der Waals surface area contributed by atoms with Crippen molar-refractivity contribution in [2.24, 2.45) is 5.92 Å². The van der Waals surface area contributed by atoms with E-state index in [0.717, 1.165) is 0 Å². The topological polar surface area (TPSA) is 43.4 Å². The first kappa shape index (κ1) is 9.00. The van der Waals surface area contributed by atoms with Gasteiger partial charge in [0.05, 0.1) is 11.4 Å². The van der Waals surface area contributed by atoms with Gasteiger partial charge in [-0.05, 0) is 26.2 Å². The SMILES string of the molecule is CC1CCS(=O)(=O)OC1(C)C. The van der Waals surface area contributed by atoms with Crippen molar-refractivity contribution in [2.75, 3.05) is 5.75 Å². The molecule has 1 atom stereocenters. The Bertz CT molecular complexity index is 240. The van der Waals surface area contributed by atoms with Gasteiger partial charge in [0, 0.05) is 0 Å². The Hall–Kier alpha value is -0.0900. The zero-order valence-electron chi connectivity index (χ0n) is 7.12. The van der Waals surface area contributed by atoms with Crippen LogP contribution in [0.2, 0.25) is 0 Å². The van der Waals surface area contributed by atoms with E-state index in [1.807, 2.05) is 20.8 Å². The lowest BCUT2D eigenvalue weighted by Gasteiger charge is -2.35. The molecule has 1 aliphatic heterocycles. The Kier molecular flexibility index (Phi) is 2.01. The van der Waals surface area contributed by atoms with Crippen LogP contribution in [0.15, 0.2) is 0 Å². The first-order chi connectivity index (χ1) is 4.83. The van der Waals surface area contributed by atoms with Gasteiger partial charge in [-0.3, -0.25) is 4.18 Å². The van der Waals surface area contributed by atoms with Crippen molar-refractivity contribution >= 4 is 10.1 Å². The van der Waals surface area contributed by atoms with E-state index >= 15 is 0 Å². The fourth-order valence-electron chi connectivity index (χ4n) is 1.12. The van der Waals surface area contributed by atoms with Crippen LogP contribution >= 0.6 is 0 Å². The lowest BCUT2D eigenvalue weighted by molar-refractivity contribution is 0.0435. The molecule has 0 spiro atoms. The Labute approximate surface area is 67.9 Å². The van der Waals surface area contributed by atoms with Crippen molar-refractivity contribution in [2.45, 2.75) is 32.8 Å². The predicted octanol–water partition coefficient (Wildman–Crippen LogP) is 1.15. The molecule has 1 rings (SSSR count). The Morgan fingerprint density at radius 3 is 2.36 bits per heavy atom. The smallest absolute Gasteiger partial charge is 0.264 e. The predicted molar refractivity (Wildman–Crippen MR) is 42.7 cm³/mol. The molecule has 4 heteroatoms. The van der Waals surface area contributed by atoms with Gasteiger partial charge < -0.3 is 0 Å². The highest BCUT2D eigenvalue weighted by Crippen LogP contribution is 2.31. The molecule has 66 valence electrons. The van der Waals surface area contributed by atoms with Crippen LogP contribution in [0, 0.1) is 5.92 Å². The minimum atomic E-state index is -3.22.